The molecule has 0 fully saturated rings. The smallest absolute Gasteiger partial charge is 0.306 e. The monoisotopic (exact) mass is 485 g/mol. The van der Waals surface area contributed by atoms with Crippen molar-refractivity contribution in [3.05, 3.63) is 77.2 Å². The summed E-state index contributed by atoms with van der Waals surface area (Å²) in [6.07, 6.45) is -2.05. The molecule has 0 unspecified atom stereocenters. The number of carboxylic acids is 1. The van der Waals surface area contributed by atoms with Gasteiger partial charge in [-0.2, -0.15) is 0 Å². The fraction of sp³-hybridized carbons (Fsp3) is 0.308. The molecule has 0 aliphatic carbocycles. The Labute approximate surface area is 202 Å². The lowest BCUT2D eigenvalue weighted by atomic mass is 10.0. The highest BCUT2D eigenvalue weighted by atomic mass is 19.1. The molecule has 1 heterocycles. The van der Waals surface area contributed by atoms with Gasteiger partial charge in [0.15, 0.2) is 0 Å². The van der Waals surface area contributed by atoms with Crippen molar-refractivity contribution in [1.29, 1.82) is 0 Å². The zero-order chi connectivity index (χ0) is 25.4. The predicted octanol–water partition coefficient (Wildman–Crippen LogP) is 4.02. The van der Waals surface area contributed by atoms with Gasteiger partial charge in [0.2, 0.25) is 12.2 Å². The van der Waals surface area contributed by atoms with Crippen LogP contribution in [0.15, 0.2) is 54.6 Å². The minimum Gasteiger partial charge on any atom is -0.489 e. The van der Waals surface area contributed by atoms with E-state index in [1.807, 2.05) is 6.92 Å². The summed E-state index contributed by atoms with van der Waals surface area (Å²) in [5, 5.41) is 27.4. The van der Waals surface area contributed by atoms with Gasteiger partial charge in [0, 0.05) is 29.5 Å². The van der Waals surface area contributed by atoms with E-state index in [2.05, 4.69) is 4.98 Å². The van der Waals surface area contributed by atoms with E-state index in [1.165, 1.54) is 12.1 Å². The molecule has 35 heavy (non-hydrogen) atoms. The second-order valence-electron chi connectivity index (χ2n) is 7.75. The molecule has 0 bridgehead atoms. The maximum absolute atomic E-state index is 14.6. The molecule has 2 atom stereocenters. The van der Waals surface area contributed by atoms with Crippen LogP contribution in [-0.2, 0) is 16.1 Å². The molecule has 3 rings (SSSR count). The van der Waals surface area contributed by atoms with Crippen LogP contribution in [0.1, 0.15) is 36.3 Å². The van der Waals surface area contributed by atoms with Gasteiger partial charge in [0.1, 0.15) is 24.8 Å². The third kappa shape index (κ3) is 7.22. The number of aryl methyl sites for hydroxylation is 1. The fourth-order valence-corrected chi connectivity index (χ4v) is 3.51. The lowest BCUT2D eigenvalue weighted by Gasteiger charge is -2.16. The number of benzene rings is 2. The summed E-state index contributed by atoms with van der Waals surface area (Å²) in [5.74, 6) is -0.670. The van der Waals surface area contributed by atoms with Crippen molar-refractivity contribution in [2.75, 3.05) is 13.2 Å². The fourth-order valence-electron chi connectivity index (χ4n) is 3.51. The average Bonchev–Trinajstić information content (AvgIpc) is 2.83. The molecule has 186 valence electrons. The number of nitrogens with zero attached hydrogens (tertiary/aromatic N) is 1. The Kier molecular flexibility index (Phi) is 9.13. The Morgan fingerprint density at radius 2 is 1.83 bits per heavy atom. The molecule has 0 aliphatic heterocycles. The van der Waals surface area contributed by atoms with Crippen molar-refractivity contribution in [3.63, 3.8) is 0 Å². The Morgan fingerprint density at radius 1 is 1.09 bits per heavy atom. The predicted molar refractivity (Wildman–Crippen MR) is 125 cm³/mol. The minimum atomic E-state index is -1.39. The van der Waals surface area contributed by atoms with Crippen LogP contribution >= 0.6 is 0 Å². The molecule has 0 aliphatic rings. The minimum absolute atomic E-state index is 0.117. The van der Waals surface area contributed by atoms with E-state index < -0.39 is 30.8 Å². The highest BCUT2D eigenvalue weighted by Gasteiger charge is 2.16. The molecule has 0 radical (unpaired) electrons. The first-order valence-electron chi connectivity index (χ1n) is 11.1. The van der Waals surface area contributed by atoms with Gasteiger partial charge in [-0.1, -0.05) is 18.2 Å². The second kappa shape index (κ2) is 12.3. The number of aliphatic hydroxyl groups is 2. The summed E-state index contributed by atoms with van der Waals surface area (Å²) >= 11 is 0. The van der Waals surface area contributed by atoms with Crippen molar-refractivity contribution in [3.8, 4) is 22.8 Å². The molecule has 3 N–H and O–H groups in total. The van der Waals surface area contributed by atoms with Gasteiger partial charge >= 0.3 is 5.97 Å². The van der Waals surface area contributed by atoms with Gasteiger partial charge in [-0.25, -0.2) is 9.37 Å². The molecular formula is C26H28FNO7. The quantitative estimate of drug-likeness (QED) is 0.329. The van der Waals surface area contributed by atoms with E-state index in [4.69, 9.17) is 24.4 Å². The molecular weight excluding hydrogens is 457 g/mol. The Balaban J connectivity index is 1.71. The summed E-state index contributed by atoms with van der Waals surface area (Å²) in [5.41, 5.74) is 2.87. The number of halogens is 1. The van der Waals surface area contributed by atoms with Gasteiger partial charge in [0.05, 0.1) is 12.5 Å². The highest BCUT2D eigenvalue weighted by molar-refractivity contribution is 5.68. The van der Waals surface area contributed by atoms with E-state index in [1.54, 1.807) is 49.4 Å². The van der Waals surface area contributed by atoms with Crippen LogP contribution in [0.5, 0.6) is 11.6 Å². The van der Waals surface area contributed by atoms with E-state index in [-0.39, 0.29) is 18.9 Å². The SMILES string of the molecule is CCO[C@@H](CC(=O)O)c1ccc(OCc2ccc(F)c(-c3ccc(O[C@H](O)CO)nc3C)c2)cc1. The number of aliphatic carboxylic acids is 1. The summed E-state index contributed by atoms with van der Waals surface area (Å²) in [4.78, 5) is 15.3. The topological polar surface area (TPSA) is 118 Å². The zero-order valence-electron chi connectivity index (χ0n) is 19.5. The van der Waals surface area contributed by atoms with Gasteiger partial charge < -0.3 is 29.5 Å². The lowest BCUT2D eigenvalue weighted by Crippen LogP contribution is -2.20. The number of carboxylic acid groups (broad SMARTS) is 1. The number of hydrogen-bond donors (Lipinski definition) is 3. The molecule has 3 aromatic rings. The molecule has 0 spiro atoms. The molecule has 0 saturated carbocycles. The van der Waals surface area contributed by atoms with Crippen molar-refractivity contribution in [1.82, 2.24) is 4.98 Å². The standard InChI is InChI=1S/C26H28FNO7/c1-3-33-23(13-25(30)31)18-5-7-19(8-6-18)34-15-17-4-10-22(27)21(12-17)20-9-11-24(28-16(20)2)35-26(32)14-29/h4-12,23,26,29,32H,3,13-15H2,1-2H3,(H,30,31)/t23-,26-/m0/s1. The highest BCUT2D eigenvalue weighted by Crippen LogP contribution is 2.29. The maximum atomic E-state index is 14.6. The largest absolute Gasteiger partial charge is 0.489 e. The molecule has 1 aromatic heterocycles. The number of aliphatic hydroxyl groups excluding tert-OH is 2. The molecule has 8 nitrogen and oxygen atoms in total. The number of aromatic nitrogens is 1. The Morgan fingerprint density at radius 3 is 2.46 bits per heavy atom. The van der Waals surface area contributed by atoms with Crippen LogP contribution in [0.25, 0.3) is 11.1 Å². The lowest BCUT2D eigenvalue weighted by molar-refractivity contribution is -0.140. The second-order valence-corrected chi connectivity index (χ2v) is 7.75. The van der Waals surface area contributed by atoms with Crippen LogP contribution in [0.4, 0.5) is 4.39 Å². The first kappa shape index (κ1) is 26.1. The molecule has 0 saturated heterocycles. The van der Waals surface area contributed by atoms with Crippen molar-refractivity contribution in [2.45, 2.75) is 39.3 Å². The molecule has 0 amide bonds. The number of carbonyl (C=O) groups is 1. The van der Waals surface area contributed by atoms with Crippen molar-refractivity contribution in [2.24, 2.45) is 0 Å². The van der Waals surface area contributed by atoms with Crippen LogP contribution in [0, 0.1) is 12.7 Å². The Bertz CT molecular complexity index is 1140. The zero-order valence-corrected chi connectivity index (χ0v) is 19.5. The number of pyridine rings is 1. The van der Waals surface area contributed by atoms with Crippen LogP contribution in [-0.4, -0.2) is 45.8 Å². The maximum Gasteiger partial charge on any atom is 0.306 e. The van der Waals surface area contributed by atoms with E-state index in [0.29, 0.717) is 29.2 Å². The van der Waals surface area contributed by atoms with Crippen molar-refractivity contribution >= 4 is 5.97 Å². The first-order valence-corrected chi connectivity index (χ1v) is 11.1. The average molecular weight is 486 g/mol. The van der Waals surface area contributed by atoms with Gasteiger partial charge in [-0.05, 0) is 55.3 Å². The van der Waals surface area contributed by atoms with E-state index in [9.17, 15) is 14.3 Å². The molecule has 9 heteroatoms. The third-order valence-electron chi connectivity index (χ3n) is 5.18. The van der Waals surface area contributed by atoms with E-state index >= 15 is 0 Å². The normalized spacial score (nSPS) is 12.7. The van der Waals surface area contributed by atoms with Crippen LogP contribution in [0.2, 0.25) is 0 Å². The first-order chi connectivity index (χ1) is 16.8. The number of ether oxygens (including phenoxy) is 3. The van der Waals surface area contributed by atoms with Crippen LogP contribution < -0.4 is 9.47 Å². The van der Waals surface area contributed by atoms with Crippen molar-refractivity contribution < 1.29 is 38.7 Å². The summed E-state index contributed by atoms with van der Waals surface area (Å²) in [6.45, 7) is 3.52. The van der Waals surface area contributed by atoms with Gasteiger partial charge in [0.25, 0.3) is 0 Å². The number of rotatable bonds is 12. The van der Waals surface area contributed by atoms with Gasteiger partial charge in [-0.15, -0.1) is 0 Å². The third-order valence-corrected chi connectivity index (χ3v) is 5.18. The van der Waals surface area contributed by atoms with Crippen LogP contribution in [0.3, 0.4) is 0 Å². The van der Waals surface area contributed by atoms with Gasteiger partial charge in [-0.3, -0.25) is 4.79 Å². The Hall–Kier alpha value is -3.53. The summed E-state index contributed by atoms with van der Waals surface area (Å²) < 4.78 is 31.0. The molecule has 2 aromatic carbocycles. The number of hydrogen-bond acceptors (Lipinski definition) is 7. The summed E-state index contributed by atoms with van der Waals surface area (Å²) in [7, 11) is 0. The van der Waals surface area contributed by atoms with E-state index in [0.717, 1.165) is 11.1 Å². The summed E-state index contributed by atoms with van der Waals surface area (Å²) in [6, 6.07) is 14.8.